The molecule has 0 unspecified atom stereocenters. The lowest BCUT2D eigenvalue weighted by Gasteiger charge is -2.18. The van der Waals surface area contributed by atoms with Crippen molar-refractivity contribution in [2.75, 3.05) is 4.90 Å². The molecule has 1 aromatic heterocycles. The van der Waals surface area contributed by atoms with Crippen LogP contribution in [0.1, 0.15) is 28.5 Å². The van der Waals surface area contributed by atoms with E-state index in [0.717, 1.165) is 17.3 Å². The number of aryl methyl sites for hydroxylation is 1. The fraction of sp³-hybridized carbons (Fsp3) is 0.150. The van der Waals surface area contributed by atoms with Gasteiger partial charge in [-0.15, -0.1) is 11.3 Å². The number of anilines is 2. The molecule has 0 bridgehead atoms. The van der Waals surface area contributed by atoms with Crippen molar-refractivity contribution in [3.8, 4) is 0 Å². The molecule has 3 aromatic rings. The Labute approximate surface area is 160 Å². The van der Waals surface area contributed by atoms with Gasteiger partial charge in [-0.3, -0.25) is 9.69 Å². The van der Waals surface area contributed by atoms with Crippen molar-refractivity contribution in [1.29, 1.82) is 0 Å². The smallest absolute Gasteiger partial charge is 0.338 e. The molecule has 0 N–H and O–H groups in total. The predicted octanol–water partition coefficient (Wildman–Crippen LogP) is 4.63. The zero-order valence-corrected chi connectivity index (χ0v) is 15.6. The molecule has 138 valence electrons. The number of carbonyl (C=O) groups is 2. The van der Waals surface area contributed by atoms with E-state index in [1.165, 1.54) is 41.4 Å². The van der Waals surface area contributed by atoms with Gasteiger partial charge in [-0.05, 0) is 42.8 Å². The van der Waals surface area contributed by atoms with Gasteiger partial charge in [-0.2, -0.15) is 0 Å². The number of hydrogen-bond donors (Lipinski definition) is 0. The predicted molar refractivity (Wildman–Crippen MR) is 102 cm³/mol. The zero-order chi connectivity index (χ0) is 19.4. The van der Waals surface area contributed by atoms with Crippen molar-refractivity contribution in [1.82, 2.24) is 4.98 Å². The number of esters is 1. The van der Waals surface area contributed by atoms with Gasteiger partial charge in [0.2, 0.25) is 5.91 Å². The third-order valence-corrected chi connectivity index (χ3v) is 4.59. The minimum atomic E-state index is -0.633. The summed E-state index contributed by atoms with van der Waals surface area (Å²) in [4.78, 5) is 30.0. The van der Waals surface area contributed by atoms with E-state index in [0.29, 0.717) is 10.8 Å². The molecule has 0 aliphatic heterocycles. The molecule has 3 rings (SSSR count). The summed E-state index contributed by atoms with van der Waals surface area (Å²) in [5, 5.41) is 2.21. The van der Waals surface area contributed by atoms with Crippen molar-refractivity contribution in [2.24, 2.45) is 0 Å². The summed E-state index contributed by atoms with van der Waals surface area (Å²) in [5.74, 6) is -1.31. The normalized spacial score (nSPS) is 10.5. The Hall–Kier alpha value is -3.06. The average molecular weight is 384 g/mol. The van der Waals surface area contributed by atoms with Crippen LogP contribution in [0.25, 0.3) is 0 Å². The first kappa shape index (κ1) is 18.7. The van der Waals surface area contributed by atoms with Crippen LogP contribution in [0.5, 0.6) is 0 Å². The molecule has 0 atom stereocenters. The highest BCUT2D eigenvalue weighted by molar-refractivity contribution is 7.14. The molecule has 5 nitrogen and oxygen atoms in total. The fourth-order valence-corrected chi connectivity index (χ4v) is 3.37. The SMILES string of the molecule is CC(=O)N(c1cccc(C)c1)c1nc(COC(=O)c2cccc(F)c2)cs1. The molecule has 0 aliphatic rings. The lowest BCUT2D eigenvalue weighted by atomic mass is 10.2. The number of nitrogens with zero attached hydrogens (tertiary/aromatic N) is 2. The van der Waals surface area contributed by atoms with Gasteiger partial charge >= 0.3 is 5.97 Å². The van der Waals surface area contributed by atoms with Crippen LogP contribution in [0, 0.1) is 12.7 Å². The van der Waals surface area contributed by atoms with Gasteiger partial charge in [-0.1, -0.05) is 18.2 Å². The van der Waals surface area contributed by atoms with Gasteiger partial charge in [0, 0.05) is 12.3 Å². The number of carbonyl (C=O) groups excluding carboxylic acids is 2. The van der Waals surface area contributed by atoms with Gasteiger partial charge in [0.25, 0.3) is 0 Å². The second-order valence-corrected chi connectivity index (χ2v) is 6.74. The number of aromatic nitrogens is 1. The van der Waals surface area contributed by atoms with Gasteiger partial charge < -0.3 is 4.74 Å². The number of benzene rings is 2. The first-order chi connectivity index (χ1) is 12.9. The Morgan fingerprint density at radius 2 is 1.96 bits per heavy atom. The topological polar surface area (TPSA) is 59.5 Å². The molecule has 0 saturated carbocycles. The first-order valence-corrected chi connectivity index (χ1v) is 9.06. The van der Waals surface area contributed by atoms with Crippen LogP contribution in [-0.2, 0) is 16.1 Å². The Bertz CT molecular complexity index is 987. The number of halogens is 1. The second kappa shape index (κ2) is 8.09. The Kier molecular flexibility index (Phi) is 5.61. The molecule has 0 saturated heterocycles. The van der Waals surface area contributed by atoms with Crippen molar-refractivity contribution < 1.29 is 18.7 Å². The summed E-state index contributed by atoms with van der Waals surface area (Å²) >= 11 is 1.28. The Morgan fingerprint density at radius 1 is 1.19 bits per heavy atom. The summed E-state index contributed by atoms with van der Waals surface area (Å²) in [6.45, 7) is 3.35. The molecule has 7 heteroatoms. The molecular weight excluding hydrogens is 367 g/mol. The lowest BCUT2D eigenvalue weighted by molar-refractivity contribution is -0.115. The van der Waals surface area contributed by atoms with Gasteiger partial charge in [-0.25, -0.2) is 14.2 Å². The van der Waals surface area contributed by atoms with E-state index >= 15 is 0 Å². The molecule has 1 amide bonds. The molecular formula is C20H17FN2O3S. The van der Waals surface area contributed by atoms with E-state index in [2.05, 4.69) is 4.98 Å². The quantitative estimate of drug-likeness (QED) is 0.602. The monoisotopic (exact) mass is 384 g/mol. The van der Waals surface area contributed by atoms with Crippen molar-refractivity contribution in [3.05, 3.63) is 76.5 Å². The molecule has 0 fully saturated rings. The molecule has 0 radical (unpaired) electrons. The lowest BCUT2D eigenvalue weighted by Crippen LogP contribution is -2.22. The van der Waals surface area contributed by atoms with Crippen LogP contribution >= 0.6 is 11.3 Å². The zero-order valence-electron chi connectivity index (χ0n) is 14.8. The van der Waals surface area contributed by atoms with E-state index in [-0.39, 0.29) is 18.1 Å². The standard InChI is InChI=1S/C20H17FN2O3S/c1-13-5-3-8-18(9-13)23(14(2)24)20-22-17(12-27-20)11-26-19(25)15-6-4-7-16(21)10-15/h3-10,12H,11H2,1-2H3. The highest BCUT2D eigenvalue weighted by atomic mass is 32.1. The molecule has 2 aromatic carbocycles. The minimum Gasteiger partial charge on any atom is -0.456 e. The largest absolute Gasteiger partial charge is 0.456 e. The maximum absolute atomic E-state index is 13.2. The van der Waals surface area contributed by atoms with Gasteiger partial charge in [0.05, 0.1) is 16.9 Å². The first-order valence-electron chi connectivity index (χ1n) is 8.18. The summed E-state index contributed by atoms with van der Waals surface area (Å²) in [7, 11) is 0. The van der Waals surface area contributed by atoms with Crippen LogP contribution in [-0.4, -0.2) is 16.9 Å². The van der Waals surface area contributed by atoms with Crippen molar-refractivity contribution >= 4 is 34.0 Å². The van der Waals surface area contributed by atoms with Crippen molar-refractivity contribution in [3.63, 3.8) is 0 Å². The molecule has 27 heavy (non-hydrogen) atoms. The van der Waals surface area contributed by atoms with E-state index < -0.39 is 11.8 Å². The average Bonchev–Trinajstić information content (AvgIpc) is 3.08. The summed E-state index contributed by atoms with van der Waals surface area (Å²) in [6, 6.07) is 12.8. The van der Waals surface area contributed by atoms with E-state index in [1.54, 1.807) is 5.38 Å². The van der Waals surface area contributed by atoms with Crippen LogP contribution in [0.2, 0.25) is 0 Å². The molecule has 1 heterocycles. The maximum Gasteiger partial charge on any atom is 0.338 e. The summed E-state index contributed by atoms with van der Waals surface area (Å²) < 4.78 is 18.4. The van der Waals surface area contributed by atoms with Crippen LogP contribution < -0.4 is 4.90 Å². The Morgan fingerprint density at radius 3 is 2.67 bits per heavy atom. The number of ether oxygens (including phenoxy) is 1. The van der Waals surface area contributed by atoms with Gasteiger partial charge in [0.1, 0.15) is 12.4 Å². The highest BCUT2D eigenvalue weighted by Crippen LogP contribution is 2.29. The minimum absolute atomic E-state index is 0.0641. The van der Waals surface area contributed by atoms with Gasteiger partial charge in [0.15, 0.2) is 5.13 Å². The second-order valence-electron chi connectivity index (χ2n) is 5.90. The van der Waals surface area contributed by atoms with E-state index in [1.807, 2.05) is 31.2 Å². The summed E-state index contributed by atoms with van der Waals surface area (Å²) in [6.07, 6.45) is 0. The fourth-order valence-electron chi connectivity index (χ4n) is 2.50. The van der Waals surface area contributed by atoms with E-state index in [9.17, 15) is 14.0 Å². The van der Waals surface area contributed by atoms with E-state index in [4.69, 9.17) is 4.74 Å². The molecule has 0 spiro atoms. The molecule has 0 aliphatic carbocycles. The third-order valence-electron chi connectivity index (χ3n) is 3.72. The van der Waals surface area contributed by atoms with Crippen LogP contribution in [0.15, 0.2) is 53.9 Å². The Balaban J connectivity index is 1.73. The number of hydrogen-bond acceptors (Lipinski definition) is 5. The number of rotatable bonds is 5. The number of amides is 1. The van der Waals surface area contributed by atoms with Crippen LogP contribution in [0.3, 0.4) is 0 Å². The highest BCUT2D eigenvalue weighted by Gasteiger charge is 2.18. The maximum atomic E-state index is 13.2. The number of thiazole rings is 1. The van der Waals surface area contributed by atoms with Crippen LogP contribution in [0.4, 0.5) is 15.2 Å². The summed E-state index contributed by atoms with van der Waals surface area (Å²) in [5.41, 5.74) is 2.40. The third kappa shape index (κ3) is 4.57. The van der Waals surface area contributed by atoms with Crippen molar-refractivity contribution in [2.45, 2.75) is 20.5 Å².